The summed E-state index contributed by atoms with van der Waals surface area (Å²) in [6, 6.07) is 9.50. The lowest BCUT2D eigenvalue weighted by atomic mass is 10.2. The summed E-state index contributed by atoms with van der Waals surface area (Å²) >= 11 is 1.28. The maximum Gasteiger partial charge on any atom is 0.260 e. The van der Waals surface area contributed by atoms with Crippen molar-refractivity contribution in [3.63, 3.8) is 0 Å². The molecule has 30 heavy (non-hydrogen) atoms. The summed E-state index contributed by atoms with van der Waals surface area (Å²) in [4.78, 5) is 36.5. The number of carbonyl (C=O) groups is 2. The SMILES string of the molecule is Cc1occc1C(=O)Nc1nc(CC(=O)NCCCc2nc3ccccc3[nH]2)cs1. The highest BCUT2D eigenvalue weighted by Crippen LogP contribution is 2.18. The minimum atomic E-state index is -0.280. The number of hydrogen-bond donors (Lipinski definition) is 3. The third-order valence-corrected chi connectivity index (χ3v) is 5.37. The maximum absolute atomic E-state index is 12.2. The second-order valence-electron chi connectivity index (χ2n) is 6.82. The number of aromatic nitrogens is 3. The Kier molecular flexibility index (Phi) is 5.89. The van der Waals surface area contributed by atoms with Crippen molar-refractivity contribution in [2.24, 2.45) is 0 Å². The van der Waals surface area contributed by atoms with Gasteiger partial charge in [-0.05, 0) is 31.5 Å². The predicted octanol–water partition coefficient (Wildman–Crippen LogP) is 3.46. The number of nitrogens with one attached hydrogen (secondary N) is 3. The first-order valence-corrected chi connectivity index (χ1v) is 10.5. The third-order valence-electron chi connectivity index (χ3n) is 4.57. The van der Waals surface area contributed by atoms with Crippen LogP contribution in [-0.2, 0) is 17.6 Å². The normalized spacial score (nSPS) is 11.0. The Balaban J connectivity index is 1.20. The fourth-order valence-corrected chi connectivity index (χ4v) is 3.77. The molecule has 3 heterocycles. The van der Waals surface area contributed by atoms with Gasteiger partial charge >= 0.3 is 0 Å². The van der Waals surface area contributed by atoms with E-state index in [4.69, 9.17) is 4.42 Å². The van der Waals surface area contributed by atoms with Crippen molar-refractivity contribution in [1.29, 1.82) is 0 Å². The van der Waals surface area contributed by atoms with Crippen LogP contribution in [0.1, 0.15) is 34.1 Å². The van der Waals surface area contributed by atoms with E-state index >= 15 is 0 Å². The smallest absolute Gasteiger partial charge is 0.260 e. The number of benzene rings is 1. The van der Waals surface area contributed by atoms with Gasteiger partial charge < -0.3 is 14.7 Å². The van der Waals surface area contributed by atoms with Gasteiger partial charge in [0.2, 0.25) is 5.91 Å². The number of para-hydroxylation sites is 2. The molecule has 0 unspecified atom stereocenters. The van der Waals surface area contributed by atoms with Crippen molar-refractivity contribution in [2.45, 2.75) is 26.2 Å². The molecule has 8 nitrogen and oxygen atoms in total. The molecule has 0 spiro atoms. The van der Waals surface area contributed by atoms with Crippen LogP contribution in [0, 0.1) is 6.92 Å². The molecule has 0 saturated carbocycles. The van der Waals surface area contributed by atoms with Crippen LogP contribution in [0.15, 0.2) is 46.4 Å². The minimum absolute atomic E-state index is 0.103. The van der Waals surface area contributed by atoms with Crippen LogP contribution in [-0.4, -0.2) is 33.3 Å². The zero-order valence-corrected chi connectivity index (χ0v) is 17.2. The molecule has 9 heteroatoms. The predicted molar refractivity (Wildman–Crippen MR) is 115 cm³/mol. The summed E-state index contributed by atoms with van der Waals surface area (Å²) in [6.45, 7) is 2.28. The van der Waals surface area contributed by atoms with E-state index in [-0.39, 0.29) is 18.2 Å². The standard InChI is InChI=1S/C21H21N5O3S/c1-13-15(8-10-29-13)20(28)26-21-23-14(12-30-21)11-19(27)22-9-4-7-18-24-16-5-2-3-6-17(16)25-18/h2-3,5-6,8,10,12H,4,7,9,11H2,1H3,(H,22,27)(H,24,25)(H,23,26,28). The van der Waals surface area contributed by atoms with Crippen LogP contribution in [0.3, 0.4) is 0 Å². The molecule has 0 radical (unpaired) electrons. The van der Waals surface area contributed by atoms with E-state index in [0.29, 0.717) is 28.7 Å². The molecule has 0 aliphatic heterocycles. The number of aryl methyl sites for hydroxylation is 2. The number of H-pyrrole nitrogens is 1. The fourth-order valence-electron chi connectivity index (χ4n) is 3.07. The lowest BCUT2D eigenvalue weighted by molar-refractivity contribution is -0.120. The van der Waals surface area contributed by atoms with Crippen LogP contribution in [0.25, 0.3) is 11.0 Å². The first-order chi connectivity index (χ1) is 14.6. The van der Waals surface area contributed by atoms with Crippen molar-refractivity contribution < 1.29 is 14.0 Å². The van der Waals surface area contributed by atoms with E-state index in [2.05, 4.69) is 25.6 Å². The molecule has 0 fully saturated rings. The van der Waals surface area contributed by atoms with Crippen LogP contribution in [0.5, 0.6) is 0 Å². The van der Waals surface area contributed by atoms with E-state index in [1.165, 1.54) is 17.6 Å². The van der Waals surface area contributed by atoms with E-state index in [1.807, 2.05) is 24.3 Å². The number of furan rings is 1. The number of imidazole rings is 1. The third kappa shape index (κ3) is 4.74. The minimum Gasteiger partial charge on any atom is -0.469 e. The van der Waals surface area contributed by atoms with Gasteiger partial charge in [-0.1, -0.05) is 12.1 Å². The Morgan fingerprint density at radius 1 is 1.20 bits per heavy atom. The Morgan fingerprint density at radius 3 is 2.87 bits per heavy atom. The van der Waals surface area contributed by atoms with E-state index < -0.39 is 0 Å². The number of thiazole rings is 1. The van der Waals surface area contributed by atoms with Crippen molar-refractivity contribution in [1.82, 2.24) is 20.3 Å². The Hall–Kier alpha value is -3.46. The molecular weight excluding hydrogens is 402 g/mol. The average Bonchev–Trinajstić information content (AvgIpc) is 3.44. The number of anilines is 1. The average molecular weight is 423 g/mol. The van der Waals surface area contributed by atoms with Crippen molar-refractivity contribution in [3.05, 3.63) is 64.8 Å². The molecule has 0 saturated heterocycles. The van der Waals surface area contributed by atoms with Gasteiger partial charge in [0.15, 0.2) is 5.13 Å². The fraction of sp³-hybridized carbons (Fsp3) is 0.238. The van der Waals surface area contributed by atoms with Gasteiger partial charge in [0.25, 0.3) is 5.91 Å². The van der Waals surface area contributed by atoms with Crippen molar-refractivity contribution in [2.75, 3.05) is 11.9 Å². The lowest BCUT2D eigenvalue weighted by Crippen LogP contribution is -2.26. The molecule has 154 valence electrons. The highest BCUT2D eigenvalue weighted by atomic mass is 32.1. The van der Waals surface area contributed by atoms with Gasteiger partial charge in [0.05, 0.1) is 35.0 Å². The Morgan fingerprint density at radius 2 is 2.07 bits per heavy atom. The van der Waals surface area contributed by atoms with Crippen molar-refractivity contribution >= 4 is 39.3 Å². The summed E-state index contributed by atoms with van der Waals surface area (Å²) in [5, 5.41) is 7.85. The van der Waals surface area contributed by atoms with Gasteiger partial charge in [-0.3, -0.25) is 14.9 Å². The number of fused-ring (bicyclic) bond motifs is 1. The maximum atomic E-state index is 12.2. The van der Waals surface area contributed by atoms with Crippen molar-refractivity contribution in [3.8, 4) is 0 Å². The molecule has 3 N–H and O–H groups in total. The van der Waals surface area contributed by atoms with E-state index in [0.717, 1.165) is 29.7 Å². The first-order valence-electron chi connectivity index (χ1n) is 9.58. The zero-order valence-electron chi connectivity index (χ0n) is 16.4. The Labute approximate surface area is 176 Å². The molecule has 4 aromatic rings. The van der Waals surface area contributed by atoms with Gasteiger partial charge in [-0.2, -0.15) is 0 Å². The molecule has 0 aliphatic carbocycles. The highest BCUT2D eigenvalue weighted by molar-refractivity contribution is 7.14. The summed E-state index contributed by atoms with van der Waals surface area (Å²) in [5.41, 5.74) is 3.06. The lowest BCUT2D eigenvalue weighted by Gasteiger charge is -2.03. The van der Waals surface area contributed by atoms with Gasteiger partial charge in [-0.15, -0.1) is 11.3 Å². The number of amides is 2. The van der Waals surface area contributed by atoms with E-state index in [1.54, 1.807) is 18.4 Å². The molecule has 0 bridgehead atoms. The number of rotatable bonds is 8. The molecule has 2 amide bonds. The van der Waals surface area contributed by atoms with Gasteiger partial charge in [0, 0.05) is 18.3 Å². The molecule has 0 aliphatic rings. The largest absolute Gasteiger partial charge is 0.469 e. The van der Waals surface area contributed by atoms with Crippen LogP contribution in [0.2, 0.25) is 0 Å². The number of carbonyl (C=O) groups excluding carboxylic acids is 2. The summed E-state index contributed by atoms with van der Waals surface area (Å²) in [5.74, 6) is 1.08. The topological polar surface area (TPSA) is 113 Å². The van der Waals surface area contributed by atoms with Crippen LogP contribution >= 0.6 is 11.3 Å². The summed E-state index contributed by atoms with van der Waals surface area (Å²) in [6.07, 6.45) is 3.18. The first kappa shape index (κ1) is 19.8. The Bertz CT molecular complexity index is 1140. The van der Waals surface area contributed by atoms with Gasteiger partial charge in [0.1, 0.15) is 11.6 Å². The number of aromatic amines is 1. The molecule has 4 rings (SSSR count). The second-order valence-corrected chi connectivity index (χ2v) is 7.68. The second kappa shape index (κ2) is 8.91. The quantitative estimate of drug-likeness (QED) is 0.376. The van der Waals surface area contributed by atoms with Crippen LogP contribution in [0.4, 0.5) is 5.13 Å². The summed E-state index contributed by atoms with van der Waals surface area (Å²) in [7, 11) is 0. The molecular formula is C21H21N5O3S. The molecule has 3 aromatic heterocycles. The van der Waals surface area contributed by atoms with Crippen LogP contribution < -0.4 is 10.6 Å². The molecule has 0 atom stereocenters. The number of hydrogen-bond acceptors (Lipinski definition) is 6. The summed E-state index contributed by atoms with van der Waals surface area (Å²) < 4.78 is 5.13. The van der Waals surface area contributed by atoms with E-state index in [9.17, 15) is 9.59 Å². The molecule has 1 aromatic carbocycles. The zero-order chi connectivity index (χ0) is 20.9. The highest BCUT2D eigenvalue weighted by Gasteiger charge is 2.14. The van der Waals surface area contributed by atoms with Gasteiger partial charge in [-0.25, -0.2) is 9.97 Å². The monoisotopic (exact) mass is 423 g/mol. The number of nitrogens with zero attached hydrogens (tertiary/aromatic N) is 2.